The fourth-order valence-corrected chi connectivity index (χ4v) is 1.79. The van der Waals surface area contributed by atoms with Crippen LogP contribution in [0.15, 0.2) is 48.5 Å². The Balaban J connectivity index is 1.93. The molecule has 0 bridgehead atoms. The van der Waals surface area contributed by atoms with Crippen molar-refractivity contribution in [2.75, 3.05) is 6.61 Å². The van der Waals surface area contributed by atoms with E-state index in [4.69, 9.17) is 21.6 Å². The van der Waals surface area contributed by atoms with Crippen LogP contribution in [0.3, 0.4) is 0 Å². The monoisotopic (exact) mass is 285 g/mol. The van der Waals surface area contributed by atoms with E-state index in [1.165, 1.54) is 0 Å². The number of carbonyl (C=O) groups is 1. The molecule has 2 aromatic rings. The van der Waals surface area contributed by atoms with Crippen molar-refractivity contribution >= 4 is 17.4 Å². The number of hydrogen-bond acceptors (Lipinski definition) is 3. The Bertz CT molecular complexity index is 627. The van der Waals surface area contributed by atoms with E-state index in [-0.39, 0.29) is 12.4 Å². The molecule has 2 rings (SSSR count). The van der Waals surface area contributed by atoms with Gasteiger partial charge in [-0.1, -0.05) is 23.7 Å². The zero-order chi connectivity index (χ0) is 14.4. The van der Waals surface area contributed by atoms with E-state index in [9.17, 15) is 4.79 Å². The second kappa shape index (κ2) is 6.74. The molecule has 0 heterocycles. The maximum absolute atomic E-state index is 11.9. The molecule has 0 N–H and O–H groups in total. The largest absolute Gasteiger partial charge is 0.485 e. The maximum Gasteiger partial charge on any atom is 0.200 e. The van der Waals surface area contributed by atoms with Gasteiger partial charge in [-0.2, -0.15) is 5.26 Å². The molecule has 0 aromatic heterocycles. The lowest BCUT2D eigenvalue weighted by atomic mass is 10.1. The molecule has 20 heavy (non-hydrogen) atoms. The zero-order valence-electron chi connectivity index (χ0n) is 10.7. The van der Waals surface area contributed by atoms with Crippen LogP contribution < -0.4 is 4.74 Å². The predicted molar refractivity (Wildman–Crippen MR) is 77.0 cm³/mol. The van der Waals surface area contributed by atoms with Crippen LogP contribution in [0.25, 0.3) is 0 Å². The van der Waals surface area contributed by atoms with Crippen LogP contribution in [-0.4, -0.2) is 12.4 Å². The van der Waals surface area contributed by atoms with E-state index in [2.05, 4.69) is 6.07 Å². The van der Waals surface area contributed by atoms with Crippen LogP contribution in [0, 0.1) is 11.3 Å². The highest BCUT2D eigenvalue weighted by Crippen LogP contribution is 2.14. The fraction of sp³-hybridized carbons (Fsp3) is 0.125. The smallest absolute Gasteiger partial charge is 0.200 e. The van der Waals surface area contributed by atoms with Gasteiger partial charge in [0.15, 0.2) is 12.4 Å². The normalized spacial score (nSPS) is 9.80. The molecule has 0 saturated heterocycles. The van der Waals surface area contributed by atoms with Crippen molar-refractivity contribution in [2.45, 2.75) is 6.42 Å². The van der Waals surface area contributed by atoms with E-state index < -0.39 is 0 Å². The van der Waals surface area contributed by atoms with Gasteiger partial charge in [-0.15, -0.1) is 0 Å². The molecule has 3 nitrogen and oxygen atoms in total. The maximum atomic E-state index is 11.9. The molecular formula is C16H12ClNO2. The lowest BCUT2D eigenvalue weighted by molar-refractivity contribution is 0.0921. The molecule has 0 spiro atoms. The third-order valence-corrected chi connectivity index (χ3v) is 2.99. The van der Waals surface area contributed by atoms with Crippen LogP contribution in [-0.2, 0) is 6.42 Å². The summed E-state index contributed by atoms with van der Waals surface area (Å²) in [5.41, 5.74) is 1.49. The van der Waals surface area contributed by atoms with Crippen molar-refractivity contribution < 1.29 is 9.53 Å². The van der Waals surface area contributed by atoms with Crippen molar-refractivity contribution in [1.29, 1.82) is 5.26 Å². The van der Waals surface area contributed by atoms with Gasteiger partial charge < -0.3 is 4.74 Å². The first-order valence-electron chi connectivity index (χ1n) is 6.06. The quantitative estimate of drug-likeness (QED) is 0.788. The van der Waals surface area contributed by atoms with Gasteiger partial charge in [0.1, 0.15) is 5.75 Å². The van der Waals surface area contributed by atoms with Crippen molar-refractivity contribution in [1.82, 2.24) is 0 Å². The minimum atomic E-state index is -0.109. The molecule has 4 heteroatoms. The number of carbonyl (C=O) groups excluding carboxylic acids is 1. The molecule has 0 saturated carbocycles. The highest BCUT2D eigenvalue weighted by atomic mass is 35.5. The van der Waals surface area contributed by atoms with Crippen molar-refractivity contribution in [3.63, 3.8) is 0 Å². The van der Waals surface area contributed by atoms with Crippen molar-refractivity contribution in [3.8, 4) is 11.8 Å². The molecule has 0 aliphatic rings. The molecule has 0 atom stereocenters. The molecule has 0 fully saturated rings. The first-order chi connectivity index (χ1) is 9.69. The lowest BCUT2D eigenvalue weighted by Gasteiger charge is -2.06. The Kier molecular flexibility index (Phi) is 4.75. The van der Waals surface area contributed by atoms with Crippen molar-refractivity contribution in [2.24, 2.45) is 0 Å². The number of benzene rings is 2. The number of nitriles is 1. The Morgan fingerprint density at radius 1 is 1.10 bits per heavy atom. The summed E-state index contributed by atoms with van der Waals surface area (Å²) < 4.78 is 5.42. The molecule has 0 aliphatic heterocycles. The van der Waals surface area contributed by atoms with E-state index in [0.717, 1.165) is 5.56 Å². The second-order valence-electron chi connectivity index (χ2n) is 4.20. The summed E-state index contributed by atoms with van der Waals surface area (Å²) in [6, 6.07) is 15.9. The highest BCUT2D eigenvalue weighted by molar-refractivity contribution is 6.30. The fourth-order valence-electron chi connectivity index (χ4n) is 1.66. The van der Waals surface area contributed by atoms with E-state index in [1.807, 2.05) is 12.1 Å². The standard InChI is InChI=1S/C16H12ClNO2/c17-14-5-3-13(4-6-14)16(19)11-20-15-7-1-12(2-8-15)9-10-18/h1-8H,9,11H2. The summed E-state index contributed by atoms with van der Waals surface area (Å²) in [7, 11) is 0. The summed E-state index contributed by atoms with van der Waals surface area (Å²) in [4.78, 5) is 11.9. The van der Waals surface area contributed by atoms with Gasteiger partial charge in [0.25, 0.3) is 0 Å². The van der Waals surface area contributed by atoms with Gasteiger partial charge in [0.05, 0.1) is 12.5 Å². The summed E-state index contributed by atoms with van der Waals surface area (Å²) in [6.45, 7) is -0.0285. The van der Waals surface area contributed by atoms with Crippen LogP contribution in [0.5, 0.6) is 5.75 Å². The summed E-state index contributed by atoms with van der Waals surface area (Å²) in [5.74, 6) is 0.497. The number of Topliss-reactive ketones (excluding diaryl/α,β-unsaturated/α-hetero) is 1. The van der Waals surface area contributed by atoms with Gasteiger partial charge in [0.2, 0.25) is 0 Å². The van der Waals surface area contributed by atoms with Crippen LogP contribution in [0.2, 0.25) is 5.02 Å². The minimum Gasteiger partial charge on any atom is -0.485 e. The van der Waals surface area contributed by atoms with Gasteiger partial charge in [-0.05, 0) is 42.0 Å². The number of nitrogens with zero attached hydrogens (tertiary/aromatic N) is 1. The SMILES string of the molecule is N#CCc1ccc(OCC(=O)c2ccc(Cl)cc2)cc1. The Morgan fingerprint density at radius 2 is 1.75 bits per heavy atom. The van der Waals surface area contributed by atoms with Gasteiger partial charge in [-0.3, -0.25) is 4.79 Å². The lowest BCUT2D eigenvalue weighted by Crippen LogP contribution is -2.11. The number of hydrogen-bond donors (Lipinski definition) is 0. The van der Waals surface area contributed by atoms with Gasteiger partial charge in [0, 0.05) is 10.6 Å². The number of ether oxygens (including phenoxy) is 1. The average molecular weight is 286 g/mol. The molecule has 0 amide bonds. The minimum absolute atomic E-state index is 0.0285. The zero-order valence-corrected chi connectivity index (χ0v) is 11.4. The second-order valence-corrected chi connectivity index (χ2v) is 4.63. The number of halogens is 1. The number of rotatable bonds is 5. The summed E-state index contributed by atoms with van der Waals surface area (Å²) in [5, 5.41) is 9.17. The molecule has 0 radical (unpaired) electrons. The molecule has 100 valence electrons. The Hall–Kier alpha value is -2.31. The van der Waals surface area contributed by atoms with Crippen LogP contribution in [0.1, 0.15) is 15.9 Å². The Labute approximate surface area is 122 Å². The third-order valence-electron chi connectivity index (χ3n) is 2.74. The Morgan fingerprint density at radius 3 is 2.35 bits per heavy atom. The van der Waals surface area contributed by atoms with Gasteiger partial charge in [-0.25, -0.2) is 0 Å². The van der Waals surface area contributed by atoms with Gasteiger partial charge >= 0.3 is 0 Å². The van der Waals surface area contributed by atoms with E-state index >= 15 is 0 Å². The topological polar surface area (TPSA) is 50.1 Å². The number of ketones is 1. The average Bonchev–Trinajstić information content (AvgIpc) is 2.47. The molecule has 0 aliphatic carbocycles. The summed E-state index contributed by atoms with van der Waals surface area (Å²) in [6.07, 6.45) is 0.365. The molecule has 2 aromatic carbocycles. The highest BCUT2D eigenvalue weighted by Gasteiger charge is 2.06. The van der Waals surface area contributed by atoms with E-state index in [0.29, 0.717) is 22.8 Å². The van der Waals surface area contributed by atoms with Crippen molar-refractivity contribution in [3.05, 3.63) is 64.7 Å². The third kappa shape index (κ3) is 3.84. The molecular weight excluding hydrogens is 274 g/mol. The predicted octanol–water partition coefficient (Wildman–Crippen LogP) is 3.67. The molecule has 0 unspecified atom stereocenters. The first-order valence-corrected chi connectivity index (χ1v) is 6.44. The van der Waals surface area contributed by atoms with Crippen LogP contribution >= 0.6 is 11.6 Å². The first kappa shape index (κ1) is 14.1. The van der Waals surface area contributed by atoms with Crippen LogP contribution in [0.4, 0.5) is 0 Å². The van der Waals surface area contributed by atoms with E-state index in [1.54, 1.807) is 36.4 Å². The summed E-state index contributed by atoms with van der Waals surface area (Å²) >= 11 is 5.76.